The SMILES string of the molecule is Cc1cc(OC([SH2+])=NC(=N)c2cnc(C(C)(C)C)cn2)c(C)cc1CCn1ncsc1=N. The van der Waals surface area contributed by atoms with E-state index in [4.69, 9.17) is 15.6 Å². The average molecular weight is 471 g/mol. The third-order valence-electron chi connectivity index (χ3n) is 4.89. The lowest BCUT2D eigenvalue weighted by Crippen LogP contribution is -2.17. The highest BCUT2D eigenvalue weighted by molar-refractivity contribution is 7.77. The smallest absolute Gasteiger partial charge is 0.402 e. The molecule has 0 aliphatic rings. The maximum atomic E-state index is 8.20. The van der Waals surface area contributed by atoms with Crippen molar-refractivity contribution in [3.63, 3.8) is 0 Å². The topological polar surface area (TPSA) is 113 Å². The third kappa shape index (κ3) is 5.89. The van der Waals surface area contributed by atoms with Crippen molar-refractivity contribution in [1.82, 2.24) is 19.7 Å². The summed E-state index contributed by atoms with van der Waals surface area (Å²) in [6.45, 7) is 10.8. The van der Waals surface area contributed by atoms with E-state index in [0.717, 1.165) is 23.2 Å². The number of hydrogen-bond acceptors (Lipinski definition) is 7. The minimum atomic E-state index is -0.107. The number of aliphatic imine (C=N–C) groups is 1. The average Bonchev–Trinajstić information content (AvgIpc) is 3.13. The summed E-state index contributed by atoms with van der Waals surface area (Å²) in [5.41, 5.74) is 5.99. The lowest BCUT2D eigenvalue weighted by Gasteiger charge is -2.16. The van der Waals surface area contributed by atoms with Crippen molar-refractivity contribution >= 4 is 35.0 Å². The summed E-state index contributed by atoms with van der Waals surface area (Å²) >= 11 is 4.68. The second-order valence-corrected chi connectivity index (χ2v) is 9.73. The van der Waals surface area contributed by atoms with Crippen molar-refractivity contribution in [3.8, 4) is 5.75 Å². The van der Waals surface area contributed by atoms with Gasteiger partial charge in [-0.3, -0.25) is 15.8 Å². The molecule has 2 N–H and O–H groups in total. The number of nitrogens with one attached hydrogen (secondary N) is 2. The zero-order valence-electron chi connectivity index (χ0n) is 18.9. The molecule has 0 fully saturated rings. The lowest BCUT2D eigenvalue weighted by molar-refractivity contribution is 0.559. The summed E-state index contributed by atoms with van der Waals surface area (Å²) < 4.78 is 7.54. The zero-order valence-corrected chi connectivity index (χ0v) is 20.7. The number of hydrogen-bond donors (Lipinski definition) is 2. The van der Waals surface area contributed by atoms with Crippen LogP contribution in [-0.4, -0.2) is 30.8 Å². The summed E-state index contributed by atoms with van der Waals surface area (Å²) in [5.74, 6) is 0.616. The van der Waals surface area contributed by atoms with Gasteiger partial charge in [-0.2, -0.15) is 5.10 Å². The number of amidine groups is 1. The van der Waals surface area contributed by atoms with Crippen LogP contribution < -0.4 is 9.54 Å². The van der Waals surface area contributed by atoms with Crippen LogP contribution in [0.2, 0.25) is 0 Å². The summed E-state index contributed by atoms with van der Waals surface area (Å²) in [6.07, 6.45) is 4.00. The largest absolute Gasteiger partial charge is 0.414 e. The van der Waals surface area contributed by atoms with E-state index in [2.05, 4.69) is 59.5 Å². The Balaban J connectivity index is 1.69. The molecule has 0 amide bonds. The summed E-state index contributed by atoms with van der Waals surface area (Å²) in [6, 6.07) is 4.03. The molecule has 0 saturated carbocycles. The highest BCUT2D eigenvalue weighted by atomic mass is 32.1. The van der Waals surface area contributed by atoms with Gasteiger partial charge < -0.3 is 4.74 Å². The molecule has 0 aliphatic carbocycles. The fraction of sp³-hybridized carbons (Fsp3) is 0.364. The normalized spacial score (nSPS) is 12.1. The van der Waals surface area contributed by atoms with E-state index in [1.165, 1.54) is 16.9 Å². The molecule has 1 aromatic carbocycles. The third-order valence-corrected chi connectivity index (χ3v) is 5.74. The van der Waals surface area contributed by atoms with E-state index in [1.807, 2.05) is 19.9 Å². The first-order valence-electron chi connectivity index (χ1n) is 10.1. The van der Waals surface area contributed by atoms with Crippen LogP contribution in [0.15, 0.2) is 35.0 Å². The molecule has 10 heteroatoms. The van der Waals surface area contributed by atoms with Crippen LogP contribution in [-0.2, 0) is 31.0 Å². The Bertz CT molecular complexity index is 1200. The molecule has 8 nitrogen and oxygen atoms in total. The minimum absolute atomic E-state index is 0.0413. The minimum Gasteiger partial charge on any atom is -0.402 e. The molecule has 0 aliphatic heterocycles. The van der Waals surface area contributed by atoms with E-state index >= 15 is 0 Å². The second-order valence-electron chi connectivity index (χ2n) is 8.47. The van der Waals surface area contributed by atoms with Crippen molar-refractivity contribution in [2.45, 2.75) is 53.0 Å². The van der Waals surface area contributed by atoms with Crippen LogP contribution in [0.5, 0.6) is 5.75 Å². The number of aromatic nitrogens is 4. The Morgan fingerprint density at radius 3 is 2.53 bits per heavy atom. The van der Waals surface area contributed by atoms with Gasteiger partial charge in [0.15, 0.2) is 10.6 Å². The molecule has 3 aromatic rings. The molecule has 0 saturated heterocycles. The van der Waals surface area contributed by atoms with Crippen LogP contribution >= 0.6 is 11.3 Å². The standard InChI is InChI=1S/C22H27N7OS2/c1-13-9-17(14(2)8-15(13)6-7-29-20(24)32-12-27-29)30-21(31)28-19(23)16-10-26-18(11-25-16)22(3,4)5/h8-12,24H,6-7H2,1-5H3,(H2,23,28,31)/p+1. The van der Waals surface area contributed by atoms with Crippen molar-refractivity contribution in [2.24, 2.45) is 4.99 Å². The number of nitrogens with zero attached hydrogens (tertiary/aromatic N) is 5. The maximum absolute atomic E-state index is 8.20. The lowest BCUT2D eigenvalue weighted by atomic mass is 9.93. The molecule has 168 valence electrons. The molecule has 0 unspecified atom stereocenters. The predicted octanol–water partition coefficient (Wildman–Crippen LogP) is 3.14. The van der Waals surface area contributed by atoms with Crippen LogP contribution in [0.3, 0.4) is 0 Å². The van der Waals surface area contributed by atoms with E-state index < -0.39 is 0 Å². The number of ether oxygens (including phenoxy) is 1. The van der Waals surface area contributed by atoms with Gasteiger partial charge >= 0.3 is 5.23 Å². The van der Waals surface area contributed by atoms with Gasteiger partial charge in [-0.1, -0.05) is 38.2 Å². The molecular formula is C22H28N7OS2+. The van der Waals surface area contributed by atoms with Crippen LogP contribution in [0.1, 0.15) is 48.8 Å². The van der Waals surface area contributed by atoms with Gasteiger partial charge in [0.2, 0.25) is 0 Å². The molecule has 0 bridgehead atoms. The van der Waals surface area contributed by atoms with E-state index in [9.17, 15) is 0 Å². The zero-order chi connectivity index (χ0) is 23.5. The maximum Gasteiger partial charge on any atom is 0.414 e. The van der Waals surface area contributed by atoms with Gasteiger partial charge in [-0.25, -0.2) is 9.67 Å². The monoisotopic (exact) mass is 470 g/mol. The Hall–Kier alpha value is -2.85. The van der Waals surface area contributed by atoms with Crippen LogP contribution in [0.4, 0.5) is 0 Å². The van der Waals surface area contributed by atoms with E-state index in [1.54, 1.807) is 22.6 Å². The first kappa shape index (κ1) is 23.8. The highest BCUT2D eigenvalue weighted by Gasteiger charge is 2.17. The fourth-order valence-corrected chi connectivity index (χ4v) is 3.72. The van der Waals surface area contributed by atoms with E-state index in [-0.39, 0.29) is 16.5 Å². The molecule has 0 atom stereocenters. The number of rotatable bonds is 5. The van der Waals surface area contributed by atoms with Crippen molar-refractivity contribution in [2.75, 3.05) is 0 Å². The predicted molar refractivity (Wildman–Crippen MR) is 131 cm³/mol. The molecule has 0 radical (unpaired) electrons. The van der Waals surface area contributed by atoms with Gasteiger partial charge in [-0.15, -0.1) is 4.99 Å². The van der Waals surface area contributed by atoms with Crippen molar-refractivity contribution < 1.29 is 4.74 Å². The van der Waals surface area contributed by atoms with Gasteiger partial charge in [-0.05, 0) is 43.0 Å². The summed E-state index contributed by atoms with van der Waals surface area (Å²) in [5, 5.41) is 20.4. The van der Waals surface area contributed by atoms with Gasteiger partial charge in [0.05, 0.1) is 24.5 Å². The summed E-state index contributed by atoms with van der Waals surface area (Å²) in [4.78, 5) is 13.3. The van der Waals surface area contributed by atoms with E-state index in [0.29, 0.717) is 22.8 Å². The van der Waals surface area contributed by atoms with Crippen LogP contribution in [0.25, 0.3) is 0 Å². The molecule has 32 heavy (non-hydrogen) atoms. The summed E-state index contributed by atoms with van der Waals surface area (Å²) in [7, 11) is 0. The Morgan fingerprint density at radius 1 is 1.19 bits per heavy atom. The molecule has 0 spiro atoms. The molecular weight excluding hydrogens is 442 g/mol. The molecule has 2 heterocycles. The Kier molecular flexibility index (Phi) is 7.25. The second kappa shape index (κ2) is 9.74. The number of benzene rings is 1. The fourth-order valence-electron chi connectivity index (χ4n) is 2.98. The quantitative estimate of drug-likeness (QED) is 0.339. The first-order chi connectivity index (χ1) is 15.0. The van der Waals surface area contributed by atoms with Crippen molar-refractivity contribution in [3.05, 3.63) is 62.9 Å². The van der Waals surface area contributed by atoms with Gasteiger partial charge in [0.1, 0.15) is 17.0 Å². The van der Waals surface area contributed by atoms with Crippen molar-refractivity contribution in [1.29, 1.82) is 10.8 Å². The van der Waals surface area contributed by atoms with Gasteiger partial charge in [0.25, 0.3) is 0 Å². The first-order valence-corrected chi connectivity index (χ1v) is 11.5. The van der Waals surface area contributed by atoms with Crippen LogP contribution in [0, 0.1) is 24.7 Å². The Labute approximate surface area is 196 Å². The number of aryl methyl sites for hydroxylation is 4. The molecule has 2 aromatic heterocycles. The van der Waals surface area contributed by atoms with Gasteiger partial charge in [0, 0.05) is 18.2 Å². The molecule has 3 rings (SSSR count). The Morgan fingerprint density at radius 2 is 1.94 bits per heavy atom. The highest BCUT2D eigenvalue weighted by Crippen LogP contribution is 2.24.